The number of nitrogens with two attached hydrogens (primary N) is 1. The minimum Gasteiger partial charge on any atom is -0.368 e. The molecule has 124 valence electrons. The van der Waals surface area contributed by atoms with E-state index in [0.717, 1.165) is 29.4 Å². The Bertz CT molecular complexity index is 893. The Morgan fingerprint density at radius 3 is 2.79 bits per heavy atom. The molecule has 6 nitrogen and oxygen atoms in total. The number of carbonyl (C=O) groups is 1. The van der Waals surface area contributed by atoms with Crippen LogP contribution in [-0.2, 0) is 0 Å². The lowest BCUT2D eigenvalue weighted by Gasteiger charge is -2.30. The Morgan fingerprint density at radius 2 is 2.12 bits per heavy atom. The van der Waals surface area contributed by atoms with Crippen LogP contribution in [0.15, 0.2) is 34.9 Å². The molecule has 3 aromatic rings. The number of rotatable bonds is 2. The summed E-state index contributed by atoms with van der Waals surface area (Å²) in [5.74, 6) is 0.617. The van der Waals surface area contributed by atoms with E-state index in [1.165, 1.54) is 0 Å². The number of aromatic amines is 1. The van der Waals surface area contributed by atoms with Crippen LogP contribution in [0.25, 0.3) is 10.9 Å². The Kier molecular flexibility index (Phi) is 3.69. The molecule has 1 aliphatic heterocycles. The molecule has 2 aromatic heterocycles. The van der Waals surface area contributed by atoms with Gasteiger partial charge in [-0.1, -0.05) is 22.8 Å². The van der Waals surface area contributed by atoms with E-state index >= 15 is 0 Å². The van der Waals surface area contributed by atoms with Gasteiger partial charge >= 0.3 is 0 Å². The van der Waals surface area contributed by atoms with E-state index in [2.05, 4.69) is 10.1 Å². The number of nitrogens with one attached hydrogen (secondary N) is 1. The van der Waals surface area contributed by atoms with Crippen molar-refractivity contribution in [3.8, 4) is 0 Å². The van der Waals surface area contributed by atoms with Gasteiger partial charge in [0, 0.05) is 41.0 Å². The first-order valence-corrected chi connectivity index (χ1v) is 8.28. The zero-order chi connectivity index (χ0) is 16.7. The zero-order valence-corrected chi connectivity index (χ0v) is 13.7. The summed E-state index contributed by atoms with van der Waals surface area (Å²) < 4.78 is 4.94. The molecule has 0 bridgehead atoms. The van der Waals surface area contributed by atoms with Gasteiger partial charge in [-0.15, -0.1) is 0 Å². The van der Waals surface area contributed by atoms with E-state index in [1.807, 2.05) is 29.2 Å². The van der Waals surface area contributed by atoms with Crippen molar-refractivity contribution in [1.82, 2.24) is 15.0 Å². The minimum atomic E-state index is 0.000355. The third-order valence-corrected chi connectivity index (χ3v) is 4.92. The molecule has 1 saturated heterocycles. The third kappa shape index (κ3) is 2.63. The number of hydrogen-bond acceptors (Lipinski definition) is 4. The number of benzene rings is 1. The van der Waals surface area contributed by atoms with Gasteiger partial charge in [-0.2, -0.15) is 0 Å². The van der Waals surface area contributed by atoms with Crippen molar-refractivity contribution in [2.45, 2.75) is 18.8 Å². The number of halogens is 1. The monoisotopic (exact) mass is 344 g/mol. The topological polar surface area (TPSA) is 88.1 Å². The second kappa shape index (κ2) is 5.87. The molecule has 0 radical (unpaired) electrons. The smallest absolute Gasteiger partial charge is 0.270 e. The maximum Gasteiger partial charge on any atom is 0.270 e. The predicted molar refractivity (Wildman–Crippen MR) is 92.1 cm³/mol. The van der Waals surface area contributed by atoms with E-state index in [0.29, 0.717) is 29.7 Å². The average Bonchev–Trinajstić information content (AvgIpc) is 3.21. The highest BCUT2D eigenvalue weighted by atomic mass is 35.5. The van der Waals surface area contributed by atoms with Gasteiger partial charge < -0.3 is 20.1 Å². The Morgan fingerprint density at radius 1 is 1.33 bits per heavy atom. The number of fused-ring (bicyclic) bond motifs is 1. The molecule has 1 amide bonds. The molecular weight excluding hydrogens is 328 g/mol. The first-order chi connectivity index (χ1) is 11.6. The average molecular weight is 345 g/mol. The van der Waals surface area contributed by atoms with Crippen LogP contribution in [-0.4, -0.2) is 34.0 Å². The van der Waals surface area contributed by atoms with Crippen LogP contribution in [0.3, 0.4) is 0 Å². The second-order valence-corrected chi connectivity index (χ2v) is 6.51. The minimum absolute atomic E-state index is 0.000355. The maximum absolute atomic E-state index is 12.7. The number of carbonyl (C=O) groups excluding carboxylic acids is 1. The molecule has 0 saturated carbocycles. The molecule has 0 atom stereocenters. The normalized spacial score (nSPS) is 16.0. The number of amides is 1. The number of likely N-dealkylation sites (tertiary alicyclic amines) is 1. The number of nitrogens with zero attached hydrogens (tertiary/aromatic N) is 2. The fourth-order valence-electron chi connectivity index (χ4n) is 3.28. The lowest BCUT2D eigenvalue weighted by Crippen LogP contribution is -2.38. The number of piperidine rings is 1. The molecular formula is C17H17ClN4O2. The molecule has 0 aliphatic carbocycles. The summed E-state index contributed by atoms with van der Waals surface area (Å²) in [5.41, 5.74) is 7.89. The van der Waals surface area contributed by atoms with Crippen molar-refractivity contribution in [2.75, 3.05) is 18.8 Å². The molecule has 3 N–H and O–H groups in total. The van der Waals surface area contributed by atoms with Crippen LogP contribution in [0.5, 0.6) is 0 Å². The summed E-state index contributed by atoms with van der Waals surface area (Å²) in [7, 11) is 0. The Balaban J connectivity index is 1.48. The van der Waals surface area contributed by atoms with E-state index in [9.17, 15) is 4.79 Å². The van der Waals surface area contributed by atoms with Gasteiger partial charge in [-0.3, -0.25) is 4.79 Å². The highest BCUT2D eigenvalue weighted by molar-refractivity contribution is 6.35. The summed E-state index contributed by atoms with van der Waals surface area (Å²) in [6.45, 7) is 1.36. The highest BCUT2D eigenvalue weighted by Gasteiger charge is 2.27. The summed E-state index contributed by atoms with van der Waals surface area (Å²) in [4.78, 5) is 17.7. The quantitative estimate of drug-likeness (QED) is 0.745. The second-order valence-electron chi connectivity index (χ2n) is 6.10. The molecule has 1 aromatic carbocycles. The molecule has 0 unspecified atom stereocenters. The molecule has 4 rings (SSSR count). The van der Waals surface area contributed by atoms with Crippen LogP contribution in [0, 0.1) is 0 Å². The van der Waals surface area contributed by atoms with Gasteiger partial charge in [0.1, 0.15) is 5.69 Å². The van der Waals surface area contributed by atoms with Gasteiger partial charge in [0.05, 0.1) is 5.69 Å². The van der Waals surface area contributed by atoms with Gasteiger partial charge in [0.15, 0.2) is 0 Å². The van der Waals surface area contributed by atoms with Crippen LogP contribution < -0.4 is 5.73 Å². The summed E-state index contributed by atoms with van der Waals surface area (Å²) >= 11 is 6.18. The summed E-state index contributed by atoms with van der Waals surface area (Å²) in [5, 5.41) is 5.50. The number of nitrogen functional groups attached to an aromatic ring is 1. The molecule has 24 heavy (non-hydrogen) atoms. The molecule has 7 heteroatoms. The third-order valence-electron chi connectivity index (χ3n) is 4.59. The van der Waals surface area contributed by atoms with Gasteiger partial charge in [0.2, 0.25) is 5.88 Å². The van der Waals surface area contributed by atoms with E-state index in [-0.39, 0.29) is 11.8 Å². The van der Waals surface area contributed by atoms with Crippen LogP contribution in [0.1, 0.15) is 34.9 Å². The lowest BCUT2D eigenvalue weighted by atomic mass is 9.93. The fraction of sp³-hybridized carbons (Fsp3) is 0.294. The number of H-pyrrole nitrogens is 1. The predicted octanol–water partition coefficient (Wildman–Crippen LogP) is 3.41. The fourth-order valence-corrected chi connectivity index (χ4v) is 3.51. The number of aromatic nitrogens is 2. The van der Waals surface area contributed by atoms with Crippen molar-refractivity contribution in [2.24, 2.45) is 0 Å². The lowest BCUT2D eigenvalue weighted by molar-refractivity contribution is 0.0706. The van der Waals surface area contributed by atoms with Crippen molar-refractivity contribution < 1.29 is 9.32 Å². The standard InChI is InChI=1S/C17H17ClN4O2/c18-12-2-1-3-13-11(12)8-15(20-13)17(23)22-6-4-10(5-7-22)14-9-16(19)24-21-14/h1-3,8-10,20H,4-7,19H2. The number of anilines is 1. The van der Waals surface area contributed by atoms with E-state index in [1.54, 1.807) is 6.07 Å². The van der Waals surface area contributed by atoms with Crippen LogP contribution in [0.2, 0.25) is 5.02 Å². The number of hydrogen-bond donors (Lipinski definition) is 2. The highest BCUT2D eigenvalue weighted by Crippen LogP contribution is 2.30. The Labute approximate surface area is 143 Å². The van der Waals surface area contributed by atoms with Crippen LogP contribution >= 0.6 is 11.6 Å². The molecule has 0 spiro atoms. The van der Waals surface area contributed by atoms with Gasteiger partial charge in [0.25, 0.3) is 5.91 Å². The summed E-state index contributed by atoms with van der Waals surface area (Å²) in [6, 6.07) is 9.19. The molecule has 3 heterocycles. The van der Waals surface area contributed by atoms with Crippen LogP contribution in [0.4, 0.5) is 5.88 Å². The van der Waals surface area contributed by atoms with E-state index in [4.69, 9.17) is 21.9 Å². The molecule has 1 fully saturated rings. The van der Waals surface area contributed by atoms with Gasteiger partial charge in [-0.05, 0) is 31.0 Å². The van der Waals surface area contributed by atoms with Crippen molar-refractivity contribution in [3.63, 3.8) is 0 Å². The first kappa shape index (κ1) is 15.1. The van der Waals surface area contributed by atoms with Gasteiger partial charge in [-0.25, -0.2) is 0 Å². The SMILES string of the molecule is Nc1cc(C2CCN(C(=O)c3cc4c(Cl)cccc4[nH]3)CC2)no1. The maximum atomic E-state index is 12.7. The first-order valence-electron chi connectivity index (χ1n) is 7.90. The largest absolute Gasteiger partial charge is 0.368 e. The van der Waals surface area contributed by atoms with Crippen molar-refractivity contribution in [1.29, 1.82) is 0 Å². The van der Waals surface area contributed by atoms with E-state index < -0.39 is 0 Å². The zero-order valence-electron chi connectivity index (χ0n) is 13.0. The summed E-state index contributed by atoms with van der Waals surface area (Å²) in [6.07, 6.45) is 1.69. The van der Waals surface area contributed by atoms with Crippen molar-refractivity contribution >= 4 is 34.3 Å². The van der Waals surface area contributed by atoms with Crippen molar-refractivity contribution in [3.05, 3.63) is 46.7 Å². The Hall–Kier alpha value is -2.47. The molecule has 1 aliphatic rings.